The summed E-state index contributed by atoms with van der Waals surface area (Å²) >= 11 is 0. The second kappa shape index (κ2) is 6.81. The van der Waals surface area contributed by atoms with Gasteiger partial charge < -0.3 is 10.6 Å². The predicted molar refractivity (Wildman–Crippen MR) is 76.6 cm³/mol. The molecule has 110 valence electrons. The molecule has 20 heavy (non-hydrogen) atoms. The molecule has 1 atom stereocenters. The summed E-state index contributed by atoms with van der Waals surface area (Å²) in [5.74, 6) is -0.178. The lowest BCUT2D eigenvalue weighted by atomic mass is 10.1. The largest absolute Gasteiger partial charge is 0.342 e. The fourth-order valence-corrected chi connectivity index (χ4v) is 2.68. The number of halogens is 1. The molecule has 4 nitrogen and oxygen atoms in total. The van der Waals surface area contributed by atoms with Gasteiger partial charge in [0, 0.05) is 25.2 Å². The second-order valence-electron chi connectivity index (χ2n) is 5.28. The van der Waals surface area contributed by atoms with E-state index in [1.54, 1.807) is 18.2 Å². The first-order chi connectivity index (χ1) is 9.63. The summed E-state index contributed by atoms with van der Waals surface area (Å²) in [5.41, 5.74) is 6.32. The Kier molecular flexibility index (Phi) is 5.09. The van der Waals surface area contributed by atoms with Crippen LogP contribution in [0.3, 0.4) is 0 Å². The maximum atomic E-state index is 13.8. The van der Waals surface area contributed by atoms with Crippen molar-refractivity contribution in [3.8, 4) is 0 Å². The quantitative estimate of drug-likeness (QED) is 0.886. The summed E-state index contributed by atoms with van der Waals surface area (Å²) in [4.78, 5) is 15.8. The van der Waals surface area contributed by atoms with Crippen molar-refractivity contribution in [1.82, 2.24) is 9.80 Å². The molecule has 0 radical (unpaired) electrons. The van der Waals surface area contributed by atoms with Crippen molar-refractivity contribution >= 4 is 5.91 Å². The van der Waals surface area contributed by atoms with E-state index in [0.717, 1.165) is 25.9 Å². The molecule has 0 spiro atoms. The van der Waals surface area contributed by atoms with Crippen molar-refractivity contribution in [3.63, 3.8) is 0 Å². The zero-order valence-electron chi connectivity index (χ0n) is 11.9. The van der Waals surface area contributed by atoms with Gasteiger partial charge in [0.25, 0.3) is 0 Å². The number of rotatable bonds is 5. The molecule has 0 saturated carbocycles. The number of hydrogen-bond acceptors (Lipinski definition) is 3. The number of benzene rings is 1. The third-order valence-corrected chi connectivity index (χ3v) is 3.86. The number of carbonyl (C=O) groups excluding carboxylic acids is 1. The molecule has 0 aromatic heterocycles. The Balaban J connectivity index is 2.03. The summed E-state index contributed by atoms with van der Waals surface area (Å²) in [6, 6.07) is 6.32. The minimum Gasteiger partial charge on any atom is -0.342 e. The molecule has 0 bridgehead atoms. The number of likely N-dealkylation sites (N-methyl/N-ethyl adjacent to an activating group) is 1. The van der Waals surface area contributed by atoms with Crippen LogP contribution in [0.5, 0.6) is 0 Å². The van der Waals surface area contributed by atoms with Gasteiger partial charge in [-0.1, -0.05) is 18.2 Å². The van der Waals surface area contributed by atoms with E-state index in [0.29, 0.717) is 5.56 Å². The van der Waals surface area contributed by atoms with Gasteiger partial charge in [-0.15, -0.1) is 0 Å². The van der Waals surface area contributed by atoms with Crippen LogP contribution in [0.4, 0.5) is 4.39 Å². The molecule has 5 heteroatoms. The molecule has 1 aromatic carbocycles. The standard InChI is InChI=1S/C15H22FN3O/c1-18(11-15(20)19-8-4-5-9-19)14(10-17)12-6-2-3-7-13(12)16/h2-3,6-7,14H,4-5,8-11,17H2,1H3. The van der Waals surface area contributed by atoms with Crippen LogP contribution in [-0.2, 0) is 4.79 Å². The van der Waals surface area contributed by atoms with E-state index >= 15 is 0 Å². The van der Waals surface area contributed by atoms with Crippen LogP contribution in [0, 0.1) is 5.82 Å². The van der Waals surface area contributed by atoms with E-state index in [1.807, 2.05) is 16.8 Å². The minimum atomic E-state index is -0.275. The van der Waals surface area contributed by atoms with Gasteiger partial charge in [-0.2, -0.15) is 0 Å². The molecule has 1 amide bonds. The highest BCUT2D eigenvalue weighted by molar-refractivity contribution is 5.78. The first kappa shape index (κ1) is 14.9. The fourth-order valence-electron chi connectivity index (χ4n) is 2.68. The zero-order chi connectivity index (χ0) is 14.5. The maximum absolute atomic E-state index is 13.8. The van der Waals surface area contributed by atoms with Crippen LogP contribution >= 0.6 is 0 Å². The van der Waals surface area contributed by atoms with Gasteiger partial charge in [0.05, 0.1) is 12.6 Å². The van der Waals surface area contributed by atoms with E-state index in [2.05, 4.69) is 0 Å². The Morgan fingerprint density at radius 2 is 2.05 bits per heavy atom. The van der Waals surface area contributed by atoms with E-state index in [9.17, 15) is 9.18 Å². The summed E-state index contributed by atoms with van der Waals surface area (Å²) in [6.45, 7) is 2.22. The van der Waals surface area contributed by atoms with Crippen molar-refractivity contribution in [1.29, 1.82) is 0 Å². The number of nitrogens with zero attached hydrogens (tertiary/aromatic N) is 2. The minimum absolute atomic E-state index is 0.0970. The molecule has 1 fully saturated rings. The van der Waals surface area contributed by atoms with E-state index in [4.69, 9.17) is 5.73 Å². The highest BCUT2D eigenvalue weighted by Gasteiger charge is 2.24. The van der Waals surface area contributed by atoms with E-state index < -0.39 is 0 Å². The number of nitrogens with two attached hydrogens (primary N) is 1. The number of amides is 1. The SMILES string of the molecule is CN(CC(=O)N1CCCC1)C(CN)c1ccccc1F. The predicted octanol–water partition coefficient (Wildman–Crippen LogP) is 1.38. The first-order valence-corrected chi connectivity index (χ1v) is 7.06. The Morgan fingerprint density at radius 3 is 2.65 bits per heavy atom. The van der Waals surface area contributed by atoms with Gasteiger partial charge in [0.1, 0.15) is 5.82 Å². The van der Waals surface area contributed by atoms with Gasteiger partial charge in [0.2, 0.25) is 5.91 Å². The highest BCUT2D eigenvalue weighted by Crippen LogP contribution is 2.21. The van der Waals surface area contributed by atoms with Crippen LogP contribution in [0.1, 0.15) is 24.4 Å². The molecule has 2 N–H and O–H groups in total. The van der Waals surface area contributed by atoms with Crippen LogP contribution in [0.2, 0.25) is 0 Å². The lowest BCUT2D eigenvalue weighted by Gasteiger charge is -2.28. The fraction of sp³-hybridized carbons (Fsp3) is 0.533. The Bertz CT molecular complexity index is 460. The lowest BCUT2D eigenvalue weighted by Crippen LogP contribution is -2.40. The average Bonchev–Trinajstić information content (AvgIpc) is 2.96. The molecule has 0 aliphatic carbocycles. The van der Waals surface area contributed by atoms with Crippen molar-refractivity contribution in [2.24, 2.45) is 5.73 Å². The third-order valence-electron chi connectivity index (χ3n) is 3.86. The van der Waals surface area contributed by atoms with Crippen LogP contribution in [0.15, 0.2) is 24.3 Å². The molecule has 1 aromatic rings. The van der Waals surface area contributed by atoms with Crippen molar-refractivity contribution in [2.75, 3.05) is 33.2 Å². The van der Waals surface area contributed by atoms with Gasteiger partial charge in [-0.3, -0.25) is 9.69 Å². The number of hydrogen-bond donors (Lipinski definition) is 1. The highest BCUT2D eigenvalue weighted by atomic mass is 19.1. The topological polar surface area (TPSA) is 49.6 Å². The monoisotopic (exact) mass is 279 g/mol. The van der Waals surface area contributed by atoms with Crippen molar-refractivity contribution < 1.29 is 9.18 Å². The average molecular weight is 279 g/mol. The third kappa shape index (κ3) is 3.35. The summed E-state index contributed by atoms with van der Waals surface area (Å²) in [7, 11) is 1.82. The van der Waals surface area contributed by atoms with Crippen LogP contribution in [-0.4, -0.2) is 48.9 Å². The van der Waals surface area contributed by atoms with Gasteiger partial charge in [0.15, 0.2) is 0 Å². The lowest BCUT2D eigenvalue weighted by molar-refractivity contribution is -0.131. The second-order valence-corrected chi connectivity index (χ2v) is 5.28. The van der Waals surface area contributed by atoms with Gasteiger partial charge in [-0.25, -0.2) is 4.39 Å². The summed E-state index contributed by atoms with van der Waals surface area (Å²) in [6.07, 6.45) is 2.15. The number of likely N-dealkylation sites (tertiary alicyclic amines) is 1. The molecular formula is C15H22FN3O. The Morgan fingerprint density at radius 1 is 1.40 bits per heavy atom. The van der Waals surface area contributed by atoms with Gasteiger partial charge >= 0.3 is 0 Å². The first-order valence-electron chi connectivity index (χ1n) is 7.06. The Hall–Kier alpha value is -1.46. The summed E-state index contributed by atoms with van der Waals surface area (Å²) in [5, 5.41) is 0. The normalized spacial score (nSPS) is 16.7. The van der Waals surface area contributed by atoms with E-state index in [-0.39, 0.29) is 30.9 Å². The molecule has 1 unspecified atom stereocenters. The molecular weight excluding hydrogens is 257 g/mol. The zero-order valence-corrected chi connectivity index (χ0v) is 11.9. The molecule has 1 saturated heterocycles. The molecule has 1 aliphatic heterocycles. The maximum Gasteiger partial charge on any atom is 0.236 e. The smallest absolute Gasteiger partial charge is 0.236 e. The van der Waals surface area contributed by atoms with Crippen LogP contribution in [0.25, 0.3) is 0 Å². The summed E-state index contributed by atoms with van der Waals surface area (Å²) < 4.78 is 13.8. The number of carbonyl (C=O) groups is 1. The molecule has 2 rings (SSSR count). The van der Waals surface area contributed by atoms with Gasteiger partial charge in [-0.05, 0) is 26.0 Å². The van der Waals surface area contributed by atoms with E-state index in [1.165, 1.54) is 6.07 Å². The van der Waals surface area contributed by atoms with Crippen molar-refractivity contribution in [3.05, 3.63) is 35.6 Å². The van der Waals surface area contributed by atoms with Crippen LogP contribution < -0.4 is 5.73 Å². The van der Waals surface area contributed by atoms with Crippen molar-refractivity contribution in [2.45, 2.75) is 18.9 Å². The molecule has 1 aliphatic rings. The molecule has 1 heterocycles. The Labute approximate surface area is 119 Å².